The van der Waals surface area contributed by atoms with Gasteiger partial charge in [0.2, 0.25) is 5.91 Å². The zero-order valence-electron chi connectivity index (χ0n) is 18.9. The summed E-state index contributed by atoms with van der Waals surface area (Å²) in [6.07, 6.45) is 4.42. The lowest BCUT2D eigenvalue weighted by Gasteiger charge is -2.32. The minimum absolute atomic E-state index is 0.125. The Kier molecular flexibility index (Phi) is 6.80. The van der Waals surface area contributed by atoms with Crippen molar-refractivity contribution in [2.24, 2.45) is 0 Å². The second kappa shape index (κ2) is 9.74. The zero-order valence-corrected chi connectivity index (χ0v) is 19.7. The molecule has 2 heterocycles. The molecule has 0 saturated heterocycles. The van der Waals surface area contributed by atoms with Crippen molar-refractivity contribution >= 4 is 28.8 Å². The van der Waals surface area contributed by atoms with Crippen LogP contribution in [0.2, 0.25) is 0 Å². The Morgan fingerprint density at radius 2 is 1.91 bits per heavy atom. The van der Waals surface area contributed by atoms with Gasteiger partial charge in [0.15, 0.2) is 6.04 Å². The number of thiophene rings is 1. The average molecular weight is 451 g/mol. The third-order valence-corrected chi connectivity index (χ3v) is 6.90. The van der Waals surface area contributed by atoms with Crippen molar-refractivity contribution in [3.63, 3.8) is 0 Å². The quantitative estimate of drug-likeness (QED) is 0.506. The Morgan fingerprint density at radius 3 is 2.53 bits per heavy atom. The Morgan fingerprint density at radius 1 is 1.12 bits per heavy atom. The second-order valence-corrected chi connectivity index (χ2v) is 9.68. The first kappa shape index (κ1) is 22.3. The monoisotopic (exact) mass is 450 g/mol. The van der Waals surface area contributed by atoms with Gasteiger partial charge in [-0.3, -0.25) is 14.5 Å². The van der Waals surface area contributed by atoms with E-state index in [2.05, 4.69) is 5.32 Å². The van der Waals surface area contributed by atoms with Gasteiger partial charge < -0.3 is 9.73 Å². The Balaban J connectivity index is 1.77. The number of nitrogens with zero attached hydrogens (tertiary/aromatic N) is 1. The number of aryl methyl sites for hydroxylation is 3. The van der Waals surface area contributed by atoms with E-state index in [1.165, 1.54) is 0 Å². The van der Waals surface area contributed by atoms with E-state index in [9.17, 15) is 9.59 Å². The van der Waals surface area contributed by atoms with Gasteiger partial charge in [-0.05, 0) is 68.8 Å². The topological polar surface area (TPSA) is 62.6 Å². The molecule has 1 aromatic carbocycles. The smallest absolute Gasteiger partial charge is 0.251 e. The summed E-state index contributed by atoms with van der Waals surface area (Å²) in [7, 11) is 0. The molecule has 5 nitrogen and oxygen atoms in total. The molecule has 6 heteroatoms. The maximum atomic E-state index is 13.7. The maximum absolute atomic E-state index is 13.7. The van der Waals surface area contributed by atoms with Crippen molar-refractivity contribution in [3.8, 4) is 0 Å². The fourth-order valence-corrected chi connectivity index (χ4v) is 5.16. The Bertz CT molecular complexity index is 1080. The highest BCUT2D eigenvalue weighted by Gasteiger charge is 2.37. The van der Waals surface area contributed by atoms with Gasteiger partial charge in [-0.15, -0.1) is 11.3 Å². The van der Waals surface area contributed by atoms with E-state index in [0.29, 0.717) is 11.5 Å². The van der Waals surface area contributed by atoms with Crippen LogP contribution in [0.15, 0.2) is 52.3 Å². The van der Waals surface area contributed by atoms with E-state index in [4.69, 9.17) is 4.42 Å². The lowest BCUT2D eigenvalue weighted by Crippen LogP contribution is -2.47. The van der Waals surface area contributed by atoms with Crippen LogP contribution in [-0.2, 0) is 16.0 Å². The number of nitrogens with one attached hydrogen (secondary N) is 1. The molecule has 0 aliphatic heterocycles. The number of carbonyl (C=O) groups is 2. The first-order chi connectivity index (χ1) is 15.4. The largest absolute Gasteiger partial charge is 0.464 e. The lowest BCUT2D eigenvalue weighted by atomic mass is 10.0. The third kappa shape index (κ3) is 4.96. The number of hydrogen-bond donors (Lipinski definition) is 1. The van der Waals surface area contributed by atoms with Crippen LogP contribution in [-0.4, -0.2) is 17.9 Å². The summed E-state index contributed by atoms with van der Waals surface area (Å²) in [4.78, 5) is 30.0. The highest BCUT2D eigenvalue weighted by Crippen LogP contribution is 2.33. The number of benzene rings is 1. The maximum Gasteiger partial charge on any atom is 0.251 e. The molecule has 0 spiro atoms. The van der Waals surface area contributed by atoms with Crippen LogP contribution in [0.3, 0.4) is 0 Å². The molecule has 0 bridgehead atoms. The normalized spacial score (nSPS) is 15.0. The van der Waals surface area contributed by atoms with Gasteiger partial charge in [0, 0.05) is 16.6 Å². The predicted molar refractivity (Wildman–Crippen MR) is 128 cm³/mol. The van der Waals surface area contributed by atoms with Gasteiger partial charge >= 0.3 is 0 Å². The molecular formula is C26H30N2O3S. The number of amides is 2. The predicted octanol–water partition coefficient (Wildman–Crippen LogP) is 5.64. The minimum atomic E-state index is -0.863. The van der Waals surface area contributed by atoms with Gasteiger partial charge in [0.25, 0.3) is 5.91 Å². The molecule has 4 rings (SSSR count). The zero-order chi connectivity index (χ0) is 22.7. The standard InChI is InChI=1S/C26H30N2O3S/c1-17-10-12-22(18(2)15-17)28(24(29)16-21-9-6-14-32-21)25(23-13-11-19(3)31-23)26(30)27-20-7-4-5-8-20/h6,9-15,20,25H,4-5,7-8,16H2,1-3H3,(H,27,30)/t25-/m1/s1. The summed E-state index contributed by atoms with van der Waals surface area (Å²) < 4.78 is 5.93. The molecule has 1 atom stereocenters. The highest BCUT2D eigenvalue weighted by molar-refractivity contribution is 7.10. The average Bonchev–Trinajstić information content (AvgIpc) is 3.50. The summed E-state index contributed by atoms with van der Waals surface area (Å²) in [5, 5.41) is 5.15. The number of hydrogen-bond acceptors (Lipinski definition) is 4. The molecule has 1 N–H and O–H groups in total. The van der Waals surface area contributed by atoms with E-state index in [-0.39, 0.29) is 24.3 Å². The molecule has 0 unspecified atom stereocenters. The molecule has 1 saturated carbocycles. The van der Waals surface area contributed by atoms with Crippen LogP contribution in [0.4, 0.5) is 5.69 Å². The summed E-state index contributed by atoms with van der Waals surface area (Å²) >= 11 is 1.55. The molecule has 32 heavy (non-hydrogen) atoms. The van der Waals surface area contributed by atoms with Crippen LogP contribution in [0.5, 0.6) is 0 Å². The van der Waals surface area contributed by atoms with Gasteiger partial charge in [0.1, 0.15) is 11.5 Å². The fraction of sp³-hybridized carbons (Fsp3) is 0.385. The molecular weight excluding hydrogens is 420 g/mol. The minimum Gasteiger partial charge on any atom is -0.464 e. The fourth-order valence-electron chi connectivity index (χ4n) is 4.46. The van der Waals surface area contributed by atoms with Gasteiger partial charge in [-0.25, -0.2) is 0 Å². The van der Waals surface area contributed by atoms with Crippen molar-refractivity contribution in [3.05, 3.63) is 75.4 Å². The van der Waals surface area contributed by atoms with E-state index in [0.717, 1.165) is 47.4 Å². The van der Waals surface area contributed by atoms with Crippen molar-refractivity contribution in [1.29, 1.82) is 0 Å². The van der Waals surface area contributed by atoms with E-state index < -0.39 is 6.04 Å². The van der Waals surface area contributed by atoms with Gasteiger partial charge in [-0.1, -0.05) is 36.6 Å². The van der Waals surface area contributed by atoms with Crippen LogP contribution >= 0.6 is 11.3 Å². The molecule has 3 aromatic rings. The van der Waals surface area contributed by atoms with Crippen molar-refractivity contribution in [2.75, 3.05) is 4.90 Å². The van der Waals surface area contributed by atoms with Crippen LogP contribution in [0.25, 0.3) is 0 Å². The number of furan rings is 1. The van der Waals surface area contributed by atoms with Crippen LogP contribution in [0, 0.1) is 20.8 Å². The lowest BCUT2D eigenvalue weighted by molar-refractivity contribution is -0.127. The summed E-state index contributed by atoms with van der Waals surface area (Å²) in [5.41, 5.74) is 2.79. The van der Waals surface area contributed by atoms with E-state index >= 15 is 0 Å². The Labute approximate surface area is 193 Å². The first-order valence-electron chi connectivity index (χ1n) is 11.2. The molecule has 168 valence electrons. The second-order valence-electron chi connectivity index (χ2n) is 8.65. The van der Waals surface area contributed by atoms with Gasteiger partial charge in [0.05, 0.1) is 6.42 Å². The van der Waals surface area contributed by atoms with E-state index in [1.807, 2.05) is 68.6 Å². The van der Waals surface area contributed by atoms with Crippen LogP contribution < -0.4 is 10.2 Å². The molecule has 1 aliphatic carbocycles. The number of anilines is 1. The third-order valence-electron chi connectivity index (χ3n) is 6.02. The molecule has 2 amide bonds. The summed E-state index contributed by atoms with van der Waals surface area (Å²) in [6.45, 7) is 5.85. The van der Waals surface area contributed by atoms with E-state index in [1.54, 1.807) is 16.2 Å². The molecule has 0 radical (unpaired) electrons. The Hall–Kier alpha value is -2.86. The van der Waals surface area contributed by atoms with Gasteiger partial charge in [-0.2, -0.15) is 0 Å². The van der Waals surface area contributed by atoms with Crippen molar-refractivity contribution < 1.29 is 14.0 Å². The van der Waals surface area contributed by atoms with Crippen molar-refractivity contribution in [1.82, 2.24) is 5.32 Å². The summed E-state index contributed by atoms with van der Waals surface area (Å²) in [6, 6.07) is 12.8. The molecule has 2 aromatic heterocycles. The van der Waals surface area contributed by atoms with Crippen molar-refractivity contribution in [2.45, 2.75) is 65.0 Å². The van der Waals surface area contributed by atoms with Crippen LogP contribution in [0.1, 0.15) is 59.2 Å². The molecule has 1 fully saturated rings. The number of carbonyl (C=O) groups excluding carboxylic acids is 2. The SMILES string of the molecule is Cc1ccc(N(C(=O)Cc2cccs2)[C@@H](C(=O)NC2CCCC2)c2ccc(C)o2)c(C)c1. The number of rotatable bonds is 7. The molecule has 1 aliphatic rings. The first-order valence-corrected chi connectivity index (χ1v) is 12.1. The summed E-state index contributed by atoms with van der Waals surface area (Å²) in [5.74, 6) is 0.883. The highest BCUT2D eigenvalue weighted by atomic mass is 32.1.